The van der Waals surface area contributed by atoms with Crippen molar-refractivity contribution in [2.45, 2.75) is 26.1 Å². The average molecular weight is 477 g/mol. The molecule has 0 N–H and O–H groups in total. The van der Waals surface area contributed by atoms with Gasteiger partial charge in [-0.1, -0.05) is 13.2 Å². The van der Waals surface area contributed by atoms with E-state index in [4.69, 9.17) is 17.7 Å². The molecule has 2 aliphatic rings. The third-order valence-electron chi connectivity index (χ3n) is 5.97. The van der Waals surface area contributed by atoms with Gasteiger partial charge in [0.1, 0.15) is 29.7 Å². The molecule has 0 amide bonds. The fourth-order valence-electron chi connectivity index (χ4n) is 4.31. The van der Waals surface area contributed by atoms with Gasteiger partial charge in [0.2, 0.25) is 0 Å². The third-order valence-corrected chi connectivity index (χ3v) is 8.34. The number of rotatable bonds is 7. The van der Waals surface area contributed by atoms with E-state index in [1.807, 2.05) is 12.4 Å². The van der Waals surface area contributed by atoms with Crippen LogP contribution in [0.3, 0.4) is 0 Å². The highest BCUT2D eigenvalue weighted by atomic mass is 32.1. The molecule has 34 heavy (non-hydrogen) atoms. The van der Waals surface area contributed by atoms with Gasteiger partial charge >= 0.3 is 0 Å². The molecule has 0 saturated carbocycles. The molecule has 6 rings (SSSR count). The first-order chi connectivity index (χ1) is 16.7. The van der Waals surface area contributed by atoms with E-state index in [9.17, 15) is 0 Å². The van der Waals surface area contributed by atoms with Crippen LogP contribution in [0.1, 0.15) is 27.9 Å². The highest BCUT2D eigenvalue weighted by molar-refractivity contribution is 7.16. The van der Waals surface area contributed by atoms with Gasteiger partial charge in [0.15, 0.2) is 0 Å². The Bertz CT molecular complexity index is 1660. The van der Waals surface area contributed by atoms with Crippen molar-refractivity contribution < 1.29 is 0 Å². The van der Waals surface area contributed by atoms with Gasteiger partial charge in [-0.25, -0.2) is 0 Å². The molecule has 4 aromatic heterocycles. The zero-order chi connectivity index (χ0) is 23.1. The molecule has 0 spiro atoms. The molecule has 2 aliphatic heterocycles. The van der Waals surface area contributed by atoms with Crippen molar-refractivity contribution in [3.8, 4) is 21.0 Å². The smallest absolute Gasteiger partial charge is 0.131 e. The second-order valence-corrected chi connectivity index (χ2v) is 10.4. The molecule has 3 radical (unpaired) electrons. The molecule has 10 heteroatoms. The number of pyridine rings is 2. The van der Waals surface area contributed by atoms with E-state index in [2.05, 4.69) is 51.2 Å². The molecule has 0 unspecified atom stereocenters. The van der Waals surface area contributed by atoms with Crippen LogP contribution in [0.4, 0.5) is 0 Å². The van der Waals surface area contributed by atoms with Crippen molar-refractivity contribution in [3.63, 3.8) is 0 Å². The topological polar surface area (TPSA) is 75.2 Å². The van der Waals surface area contributed by atoms with Crippen molar-refractivity contribution in [1.82, 2.24) is 9.97 Å². The second-order valence-electron chi connectivity index (χ2n) is 8.06. The van der Waals surface area contributed by atoms with Gasteiger partial charge in [-0.3, -0.25) is 29.9 Å². The van der Waals surface area contributed by atoms with Gasteiger partial charge in [-0.2, -0.15) is 0 Å². The van der Waals surface area contributed by atoms with Crippen LogP contribution in [0.2, 0.25) is 0 Å². The molecule has 0 atom stereocenters. The number of hydrogen-bond donors (Lipinski definition) is 0. The Hall–Kier alpha value is -2.97. The minimum atomic E-state index is 0.429. The van der Waals surface area contributed by atoms with E-state index in [1.165, 1.54) is 14.6 Å². The number of aryl methyl sites for hydroxylation is 1. The Morgan fingerprint density at radius 2 is 1.56 bits per heavy atom. The molecule has 0 bridgehead atoms. The van der Waals surface area contributed by atoms with Gasteiger partial charge in [0, 0.05) is 47.4 Å². The highest BCUT2D eigenvalue weighted by Gasteiger charge is 2.17. The third kappa shape index (κ3) is 3.75. The first-order valence-electron chi connectivity index (χ1n) is 11.2. The SMILES string of the molecule is [B][B]Cc1ccc(-c2ncc(Cc3ncc(-c4ccc(CC)s4)c4c3=NCN=4)c3c2=NCN=3)s1. The fraction of sp³-hybridized carbons (Fsp3) is 0.250. The van der Waals surface area contributed by atoms with E-state index in [1.54, 1.807) is 29.8 Å². The summed E-state index contributed by atoms with van der Waals surface area (Å²) in [6, 6.07) is 8.51. The normalized spacial score (nSPS) is 13.4. The lowest BCUT2D eigenvalue weighted by molar-refractivity contribution is 0.979. The largest absolute Gasteiger partial charge is 0.259 e. The minimum absolute atomic E-state index is 0.429. The summed E-state index contributed by atoms with van der Waals surface area (Å²) >= 11 is 3.49. The Morgan fingerprint density at radius 1 is 0.824 bits per heavy atom. The molecule has 6 nitrogen and oxygen atoms in total. The Morgan fingerprint density at radius 3 is 2.38 bits per heavy atom. The van der Waals surface area contributed by atoms with Crippen molar-refractivity contribution >= 4 is 37.6 Å². The standard InChI is InChI=1S/C24H19B2N6S2/c1-2-14-3-5-18(33-14)16-10-27-17(22-21(16)30-12-31-22)7-13-9-28-23(24-20(13)29-11-32-24)19-6-4-15(34-19)8-26-25/h3-6,9-10H,2,7-8,11-12H2,1H3. The van der Waals surface area contributed by atoms with Crippen LogP contribution in [0.5, 0.6) is 0 Å². The van der Waals surface area contributed by atoms with Crippen LogP contribution in [-0.2, 0) is 19.2 Å². The lowest BCUT2D eigenvalue weighted by atomic mass is 9.53. The summed E-state index contributed by atoms with van der Waals surface area (Å²) in [7, 11) is 7.27. The molecule has 0 aliphatic carbocycles. The lowest BCUT2D eigenvalue weighted by Crippen LogP contribution is -2.33. The average Bonchev–Trinajstić information content (AvgIpc) is 3.66. The minimum Gasteiger partial charge on any atom is -0.259 e. The van der Waals surface area contributed by atoms with Crippen LogP contribution in [0.15, 0.2) is 56.6 Å². The number of nitrogens with zero attached hydrogens (tertiary/aromatic N) is 6. The first kappa shape index (κ1) is 21.6. The van der Waals surface area contributed by atoms with Gasteiger partial charge in [-0.15, -0.1) is 22.7 Å². The van der Waals surface area contributed by atoms with Crippen LogP contribution in [0.25, 0.3) is 21.0 Å². The van der Waals surface area contributed by atoms with E-state index < -0.39 is 0 Å². The summed E-state index contributed by atoms with van der Waals surface area (Å²) in [6.45, 7) is 3.05. The van der Waals surface area contributed by atoms with Crippen LogP contribution >= 0.6 is 22.7 Å². The lowest BCUT2D eigenvalue weighted by Gasteiger charge is -2.05. The van der Waals surface area contributed by atoms with E-state index in [-0.39, 0.29) is 0 Å². The van der Waals surface area contributed by atoms with Crippen molar-refractivity contribution in [1.29, 1.82) is 0 Å². The van der Waals surface area contributed by atoms with Crippen molar-refractivity contribution in [2.24, 2.45) is 20.0 Å². The maximum atomic E-state index is 5.59. The number of thiophene rings is 2. The van der Waals surface area contributed by atoms with E-state index in [0.717, 1.165) is 61.6 Å². The number of fused-ring (bicyclic) bond motifs is 2. The van der Waals surface area contributed by atoms with Crippen molar-refractivity contribution in [3.05, 3.63) is 79.1 Å². The summed E-state index contributed by atoms with van der Waals surface area (Å²) in [5.41, 5.74) is 3.86. The summed E-state index contributed by atoms with van der Waals surface area (Å²) in [5.74, 6) is 0. The predicted octanol–water partition coefficient (Wildman–Crippen LogP) is 1.80. The zero-order valence-electron chi connectivity index (χ0n) is 18.7. The molecule has 4 aromatic rings. The highest BCUT2D eigenvalue weighted by Crippen LogP contribution is 2.26. The summed E-state index contributed by atoms with van der Waals surface area (Å²) in [6.07, 6.45) is 6.22. The molecular weight excluding hydrogens is 458 g/mol. The summed E-state index contributed by atoms with van der Waals surface area (Å²) in [4.78, 5) is 33.2. The van der Waals surface area contributed by atoms with Gasteiger partial charge in [0.25, 0.3) is 0 Å². The maximum absolute atomic E-state index is 5.59. The molecule has 0 aromatic carbocycles. The van der Waals surface area contributed by atoms with Crippen LogP contribution < -0.4 is 21.4 Å². The van der Waals surface area contributed by atoms with Crippen LogP contribution in [0, 0.1) is 0 Å². The summed E-state index contributed by atoms with van der Waals surface area (Å²) in [5, 5.41) is 3.60. The fourth-order valence-corrected chi connectivity index (χ4v) is 6.25. The van der Waals surface area contributed by atoms with Crippen molar-refractivity contribution in [2.75, 3.05) is 13.3 Å². The Balaban J connectivity index is 1.38. The Kier molecular flexibility index (Phi) is 5.71. The zero-order valence-corrected chi connectivity index (χ0v) is 20.3. The molecule has 163 valence electrons. The quantitative estimate of drug-likeness (QED) is 0.381. The molecule has 6 heterocycles. The van der Waals surface area contributed by atoms with Gasteiger partial charge in [0.05, 0.1) is 28.5 Å². The van der Waals surface area contributed by atoms with Gasteiger partial charge < -0.3 is 0 Å². The molecule has 0 saturated heterocycles. The predicted molar refractivity (Wildman–Crippen MR) is 137 cm³/mol. The van der Waals surface area contributed by atoms with Gasteiger partial charge in [-0.05, 0) is 35.6 Å². The monoisotopic (exact) mass is 477 g/mol. The van der Waals surface area contributed by atoms with E-state index >= 15 is 0 Å². The van der Waals surface area contributed by atoms with Crippen LogP contribution in [-0.4, -0.2) is 38.2 Å². The second kappa shape index (κ2) is 9.00. The number of aromatic nitrogens is 2. The van der Waals surface area contributed by atoms with E-state index in [0.29, 0.717) is 19.8 Å². The maximum Gasteiger partial charge on any atom is 0.131 e. The molecular formula is C24H19B2N6S2. The Labute approximate surface area is 206 Å². The summed E-state index contributed by atoms with van der Waals surface area (Å²) < 4.78 is 0. The first-order valence-corrected chi connectivity index (χ1v) is 12.8. The molecule has 0 fully saturated rings. The number of hydrogen-bond acceptors (Lipinski definition) is 8.